The Morgan fingerprint density at radius 3 is 2.37 bits per heavy atom. The normalized spacial score (nSPS) is 15.6. The molecule has 1 fully saturated rings. The van der Waals surface area contributed by atoms with Crippen molar-refractivity contribution in [1.82, 2.24) is 5.32 Å². The van der Waals surface area contributed by atoms with Crippen molar-refractivity contribution in [3.63, 3.8) is 0 Å². The molecule has 9 heteroatoms. The zero-order valence-electron chi connectivity index (χ0n) is 15.0. The maximum Gasteiger partial charge on any atom is 0.335 e. The second-order valence-corrected chi connectivity index (χ2v) is 8.00. The molecule has 2 heterocycles. The summed E-state index contributed by atoms with van der Waals surface area (Å²) in [5, 5.41) is 2.95. The van der Waals surface area contributed by atoms with Crippen molar-refractivity contribution in [3.8, 4) is 11.3 Å². The molecule has 0 unspecified atom stereocenters. The van der Waals surface area contributed by atoms with Crippen molar-refractivity contribution in [2.75, 3.05) is 4.90 Å². The summed E-state index contributed by atoms with van der Waals surface area (Å²) in [5.74, 6) is -0.811. The molecule has 1 N–H and O–H groups in total. The van der Waals surface area contributed by atoms with Crippen LogP contribution in [0.3, 0.4) is 0 Å². The van der Waals surface area contributed by atoms with E-state index in [2.05, 4.69) is 21.2 Å². The highest BCUT2D eigenvalue weighted by atomic mass is 79.9. The number of barbiturate groups is 1. The molecule has 0 spiro atoms. The molecule has 1 saturated heterocycles. The summed E-state index contributed by atoms with van der Waals surface area (Å²) in [5.41, 5.74) is 0.780. The van der Waals surface area contributed by atoms with Gasteiger partial charge in [0.1, 0.15) is 17.1 Å². The van der Waals surface area contributed by atoms with Crippen LogP contribution in [0, 0.1) is 0 Å². The van der Waals surface area contributed by atoms with Gasteiger partial charge in [0.25, 0.3) is 11.8 Å². The van der Waals surface area contributed by atoms with Gasteiger partial charge in [-0.2, -0.15) is 0 Å². The van der Waals surface area contributed by atoms with Gasteiger partial charge in [0.05, 0.1) is 15.7 Å². The quantitative estimate of drug-likeness (QED) is 0.366. The third-order valence-electron chi connectivity index (χ3n) is 4.30. The number of carbonyl (C=O) groups excluding carboxylic acids is 3. The zero-order chi connectivity index (χ0) is 21.4. The molecule has 4 rings (SSSR count). The number of hydrogen-bond donors (Lipinski definition) is 1. The number of imide groups is 2. The maximum atomic E-state index is 12.9. The standard InChI is InChI=1S/C21H11BrCl2N2O4/c22-12-2-4-13(5-3-12)26-20(28)15(19(27)25-21(26)29)10-14-6-8-18(30-14)11-1-7-16(23)17(24)9-11/h1-10H,(H,25,27,29). The minimum atomic E-state index is -0.819. The summed E-state index contributed by atoms with van der Waals surface area (Å²) in [7, 11) is 0. The maximum absolute atomic E-state index is 12.9. The first kappa shape index (κ1) is 20.4. The van der Waals surface area contributed by atoms with E-state index in [0.717, 1.165) is 9.37 Å². The number of anilines is 1. The monoisotopic (exact) mass is 504 g/mol. The summed E-state index contributed by atoms with van der Waals surface area (Å²) in [6.07, 6.45) is 1.29. The molecule has 0 radical (unpaired) electrons. The van der Waals surface area contributed by atoms with Gasteiger partial charge in [-0.3, -0.25) is 14.9 Å². The predicted molar refractivity (Wildman–Crippen MR) is 117 cm³/mol. The highest BCUT2D eigenvalue weighted by molar-refractivity contribution is 9.10. The summed E-state index contributed by atoms with van der Waals surface area (Å²) in [6, 6.07) is 14.0. The number of rotatable bonds is 3. The lowest BCUT2D eigenvalue weighted by molar-refractivity contribution is -0.122. The third-order valence-corrected chi connectivity index (χ3v) is 5.57. The fraction of sp³-hybridized carbons (Fsp3) is 0. The topological polar surface area (TPSA) is 79.6 Å². The van der Waals surface area contributed by atoms with Gasteiger partial charge in [0.15, 0.2) is 0 Å². The fourth-order valence-corrected chi connectivity index (χ4v) is 3.42. The molecule has 1 aliphatic rings. The number of furan rings is 1. The number of halogens is 3. The lowest BCUT2D eigenvalue weighted by Crippen LogP contribution is -2.54. The first-order valence-corrected chi connectivity index (χ1v) is 10.1. The molecule has 1 aromatic heterocycles. The SMILES string of the molecule is O=C1NC(=O)N(c2ccc(Br)cc2)C(=O)C1=Cc1ccc(-c2ccc(Cl)c(Cl)c2)o1. The minimum Gasteiger partial charge on any atom is -0.457 e. The Morgan fingerprint density at radius 1 is 0.933 bits per heavy atom. The Balaban J connectivity index is 1.67. The van der Waals surface area contributed by atoms with Gasteiger partial charge in [-0.05, 0) is 60.7 Å². The van der Waals surface area contributed by atoms with Gasteiger partial charge in [0, 0.05) is 10.0 Å². The lowest BCUT2D eigenvalue weighted by Gasteiger charge is -2.26. The van der Waals surface area contributed by atoms with Crippen LogP contribution < -0.4 is 10.2 Å². The Hall–Kier alpha value is -2.87. The molecular formula is C21H11BrCl2N2O4. The average molecular weight is 506 g/mol. The van der Waals surface area contributed by atoms with E-state index in [1.54, 1.807) is 54.6 Å². The molecule has 6 nitrogen and oxygen atoms in total. The lowest BCUT2D eigenvalue weighted by atomic mass is 10.1. The van der Waals surface area contributed by atoms with Crippen molar-refractivity contribution >= 4 is 68.7 Å². The largest absolute Gasteiger partial charge is 0.457 e. The first-order valence-electron chi connectivity index (χ1n) is 8.56. The molecule has 30 heavy (non-hydrogen) atoms. The van der Waals surface area contributed by atoms with Crippen molar-refractivity contribution in [2.24, 2.45) is 0 Å². The smallest absolute Gasteiger partial charge is 0.335 e. The Bertz CT molecular complexity index is 1220. The van der Waals surface area contributed by atoms with Crippen LogP contribution in [0.1, 0.15) is 5.76 Å². The Kier molecular flexibility index (Phi) is 5.51. The van der Waals surface area contributed by atoms with Crippen LogP contribution in [-0.4, -0.2) is 17.8 Å². The van der Waals surface area contributed by atoms with E-state index >= 15 is 0 Å². The first-order chi connectivity index (χ1) is 14.3. The van der Waals surface area contributed by atoms with Crippen LogP contribution in [-0.2, 0) is 9.59 Å². The molecule has 150 valence electrons. The summed E-state index contributed by atoms with van der Waals surface area (Å²) >= 11 is 15.3. The predicted octanol–water partition coefficient (Wildman–Crippen LogP) is 5.68. The second-order valence-electron chi connectivity index (χ2n) is 6.27. The van der Waals surface area contributed by atoms with E-state index in [4.69, 9.17) is 27.6 Å². The van der Waals surface area contributed by atoms with E-state index in [0.29, 0.717) is 27.1 Å². The number of hydrogen-bond acceptors (Lipinski definition) is 4. The van der Waals surface area contributed by atoms with Crippen LogP contribution in [0.25, 0.3) is 17.4 Å². The molecule has 4 amide bonds. The van der Waals surface area contributed by atoms with E-state index in [1.165, 1.54) is 6.08 Å². The molecule has 0 bridgehead atoms. The van der Waals surface area contributed by atoms with Crippen molar-refractivity contribution in [3.05, 3.63) is 80.4 Å². The van der Waals surface area contributed by atoms with Gasteiger partial charge in [-0.1, -0.05) is 39.1 Å². The van der Waals surface area contributed by atoms with E-state index in [-0.39, 0.29) is 11.3 Å². The zero-order valence-corrected chi connectivity index (χ0v) is 18.1. The van der Waals surface area contributed by atoms with Gasteiger partial charge < -0.3 is 4.42 Å². The molecule has 0 aliphatic carbocycles. The molecule has 3 aromatic rings. The van der Waals surface area contributed by atoms with Crippen molar-refractivity contribution in [2.45, 2.75) is 0 Å². The van der Waals surface area contributed by atoms with Gasteiger partial charge in [-0.15, -0.1) is 0 Å². The van der Waals surface area contributed by atoms with E-state index in [9.17, 15) is 14.4 Å². The van der Waals surface area contributed by atoms with E-state index < -0.39 is 17.8 Å². The number of nitrogens with one attached hydrogen (secondary N) is 1. The van der Waals surface area contributed by atoms with Crippen LogP contribution in [0.15, 0.2) is 69.1 Å². The second kappa shape index (κ2) is 8.10. The van der Waals surface area contributed by atoms with Crippen LogP contribution in [0.4, 0.5) is 10.5 Å². The summed E-state index contributed by atoms with van der Waals surface area (Å²) in [4.78, 5) is 38.3. The number of carbonyl (C=O) groups is 3. The number of urea groups is 1. The summed E-state index contributed by atoms with van der Waals surface area (Å²) < 4.78 is 6.51. The van der Waals surface area contributed by atoms with Crippen molar-refractivity contribution < 1.29 is 18.8 Å². The minimum absolute atomic E-state index is 0.229. The van der Waals surface area contributed by atoms with Gasteiger partial charge in [0.2, 0.25) is 0 Å². The van der Waals surface area contributed by atoms with Crippen LogP contribution in [0.2, 0.25) is 10.0 Å². The Labute approximate surface area is 189 Å². The number of benzene rings is 2. The van der Waals surface area contributed by atoms with Crippen molar-refractivity contribution in [1.29, 1.82) is 0 Å². The average Bonchev–Trinajstić information content (AvgIpc) is 3.17. The number of amides is 4. The van der Waals surface area contributed by atoms with Crippen LogP contribution in [0.5, 0.6) is 0 Å². The highest BCUT2D eigenvalue weighted by Crippen LogP contribution is 2.30. The van der Waals surface area contributed by atoms with Gasteiger partial charge >= 0.3 is 6.03 Å². The van der Waals surface area contributed by atoms with E-state index in [1.807, 2.05) is 0 Å². The third kappa shape index (κ3) is 3.92. The molecule has 0 saturated carbocycles. The van der Waals surface area contributed by atoms with Gasteiger partial charge in [-0.25, -0.2) is 9.69 Å². The number of nitrogens with zero attached hydrogens (tertiary/aromatic N) is 1. The Morgan fingerprint density at radius 2 is 1.67 bits per heavy atom. The molecular weight excluding hydrogens is 495 g/mol. The molecule has 1 aliphatic heterocycles. The molecule has 2 aromatic carbocycles. The van der Waals surface area contributed by atoms with Crippen LogP contribution >= 0.6 is 39.1 Å². The summed E-state index contributed by atoms with van der Waals surface area (Å²) in [6.45, 7) is 0. The fourth-order valence-electron chi connectivity index (χ4n) is 2.86. The highest BCUT2D eigenvalue weighted by Gasteiger charge is 2.37. The molecule has 0 atom stereocenters.